The average Bonchev–Trinajstić information content (AvgIpc) is 3.34. The molecule has 4 rings (SSSR count). The molecule has 1 atom stereocenters. The normalized spacial score (nSPS) is 20.1. The minimum atomic E-state index is -0.939. The first kappa shape index (κ1) is 16.2. The Hall–Kier alpha value is -2.33. The van der Waals surface area contributed by atoms with Crippen LogP contribution < -0.4 is 10.2 Å². The molecule has 0 saturated heterocycles. The highest BCUT2D eigenvalue weighted by atomic mass is 35.5. The predicted molar refractivity (Wildman–Crippen MR) is 98.8 cm³/mol. The molecule has 1 saturated carbocycles. The lowest BCUT2D eigenvalue weighted by molar-refractivity contribution is -0.132. The van der Waals surface area contributed by atoms with Gasteiger partial charge < -0.3 is 10.2 Å². The number of halogens is 1. The van der Waals surface area contributed by atoms with Crippen LogP contribution in [0.1, 0.15) is 25.3 Å². The first-order valence-corrected chi connectivity index (χ1v) is 8.88. The summed E-state index contributed by atoms with van der Waals surface area (Å²) in [4.78, 5) is 27.8. The molecule has 128 valence electrons. The van der Waals surface area contributed by atoms with Crippen LogP contribution in [0.25, 0.3) is 0 Å². The molecule has 0 spiro atoms. The van der Waals surface area contributed by atoms with Crippen LogP contribution in [0.5, 0.6) is 0 Å². The van der Waals surface area contributed by atoms with Crippen molar-refractivity contribution in [2.75, 3.05) is 10.2 Å². The van der Waals surface area contributed by atoms with Gasteiger partial charge in [-0.1, -0.05) is 29.8 Å². The maximum atomic E-state index is 13.2. The van der Waals surface area contributed by atoms with E-state index in [-0.39, 0.29) is 17.9 Å². The first-order valence-electron chi connectivity index (χ1n) is 8.50. The van der Waals surface area contributed by atoms with Crippen LogP contribution in [0.2, 0.25) is 5.02 Å². The van der Waals surface area contributed by atoms with Crippen LogP contribution in [0.4, 0.5) is 11.4 Å². The minimum absolute atomic E-state index is 0.0747. The largest absolute Gasteiger partial charge is 0.325 e. The highest BCUT2D eigenvalue weighted by molar-refractivity contribution is 6.30. The summed E-state index contributed by atoms with van der Waals surface area (Å²) in [5.41, 5.74) is 1.82. The Kier molecular flexibility index (Phi) is 3.80. The van der Waals surface area contributed by atoms with E-state index < -0.39 is 5.41 Å². The third-order valence-corrected chi connectivity index (χ3v) is 5.37. The van der Waals surface area contributed by atoms with Crippen molar-refractivity contribution >= 4 is 34.8 Å². The molecule has 4 nitrogen and oxygen atoms in total. The Morgan fingerprint density at radius 2 is 1.80 bits per heavy atom. The summed E-state index contributed by atoms with van der Waals surface area (Å²) < 4.78 is 0. The third-order valence-electron chi connectivity index (χ3n) is 5.12. The van der Waals surface area contributed by atoms with E-state index in [1.165, 1.54) is 0 Å². The Bertz CT molecular complexity index is 843. The topological polar surface area (TPSA) is 49.4 Å². The molecule has 1 aliphatic heterocycles. The molecule has 25 heavy (non-hydrogen) atoms. The number of carbonyl (C=O) groups is 2. The Balaban J connectivity index is 1.57. The number of para-hydroxylation sites is 1. The maximum absolute atomic E-state index is 13.2. The standard InChI is InChI=1S/C20H19ClN2O2/c1-13-12-14-4-2-3-5-17(14)23(13)19(25)20(10-11-20)18(24)22-16-8-6-15(21)7-9-16/h2-9,13H,10-12H2,1H3,(H,22,24). The lowest BCUT2D eigenvalue weighted by atomic mass is 10.0. The molecule has 2 aliphatic rings. The number of fused-ring (bicyclic) bond motifs is 1. The summed E-state index contributed by atoms with van der Waals surface area (Å²) in [6.07, 6.45) is 2.02. The van der Waals surface area contributed by atoms with Crippen molar-refractivity contribution in [3.63, 3.8) is 0 Å². The van der Waals surface area contributed by atoms with Gasteiger partial charge in [0.25, 0.3) is 0 Å². The Morgan fingerprint density at radius 3 is 2.48 bits per heavy atom. The van der Waals surface area contributed by atoms with Gasteiger partial charge in [-0.15, -0.1) is 0 Å². The van der Waals surface area contributed by atoms with Crippen molar-refractivity contribution in [1.82, 2.24) is 0 Å². The van der Waals surface area contributed by atoms with E-state index in [1.807, 2.05) is 36.1 Å². The molecule has 1 fully saturated rings. The van der Waals surface area contributed by atoms with E-state index in [0.29, 0.717) is 23.6 Å². The van der Waals surface area contributed by atoms with Crippen LogP contribution >= 0.6 is 11.6 Å². The fraction of sp³-hybridized carbons (Fsp3) is 0.300. The fourth-order valence-corrected chi connectivity index (χ4v) is 3.68. The fourth-order valence-electron chi connectivity index (χ4n) is 3.55. The molecule has 1 heterocycles. The summed E-state index contributed by atoms with van der Waals surface area (Å²) in [5, 5.41) is 3.48. The van der Waals surface area contributed by atoms with Crippen LogP contribution in [0.3, 0.4) is 0 Å². The molecule has 5 heteroatoms. The smallest absolute Gasteiger partial charge is 0.242 e. The van der Waals surface area contributed by atoms with Gasteiger partial charge >= 0.3 is 0 Å². The Labute approximate surface area is 151 Å². The molecule has 1 aliphatic carbocycles. The first-order chi connectivity index (χ1) is 12.0. The number of rotatable bonds is 3. The molecule has 0 bridgehead atoms. The van der Waals surface area contributed by atoms with E-state index in [2.05, 4.69) is 5.32 Å². The summed E-state index contributed by atoms with van der Waals surface area (Å²) in [7, 11) is 0. The van der Waals surface area contributed by atoms with Crippen molar-refractivity contribution in [3.05, 3.63) is 59.1 Å². The maximum Gasteiger partial charge on any atom is 0.242 e. The number of benzene rings is 2. The minimum Gasteiger partial charge on any atom is -0.325 e. The zero-order valence-corrected chi connectivity index (χ0v) is 14.7. The van der Waals surface area contributed by atoms with Gasteiger partial charge in [-0.3, -0.25) is 9.59 Å². The number of amides is 2. The number of nitrogens with one attached hydrogen (secondary N) is 1. The number of hydrogen-bond acceptors (Lipinski definition) is 2. The lowest BCUT2D eigenvalue weighted by Gasteiger charge is -2.27. The molecular formula is C20H19ClN2O2. The summed E-state index contributed by atoms with van der Waals surface area (Å²) in [6, 6.07) is 14.9. The van der Waals surface area contributed by atoms with E-state index in [0.717, 1.165) is 17.7 Å². The molecule has 1 N–H and O–H groups in total. The van der Waals surface area contributed by atoms with Crippen LogP contribution in [-0.4, -0.2) is 17.9 Å². The van der Waals surface area contributed by atoms with Crippen LogP contribution in [0, 0.1) is 5.41 Å². The zero-order chi connectivity index (χ0) is 17.6. The second kappa shape index (κ2) is 5.88. The van der Waals surface area contributed by atoms with Crippen molar-refractivity contribution in [2.45, 2.75) is 32.2 Å². The number of anilines is 2. The highest BCUT2D eigenvalue weighted by Crippen LogP contribution is 2.50. The quantitative estimate of drug-likeness (QED) is 0.846. The second-order valence-corrected chi connectivity index (χ2v) is 7.34. The average molecular weight is 355 g/mol. The van der Waals surface area contributed by atoms with Gasteiger partial charge in [0.2, 0.25) is 11.8 Å². The number of carbonyl (C=O) groups excluding carboxylic acids is 2. The number of hydrogen-bond donors (Lipinski definition) is 1. The molecule has 2 aromatic carbocycles. The zero-order valence-electron chi connectivity index (χ0n) is 14.0. The van der Waals surface area contributed by atoms with Gasteiger partial charge in [-0.05, 0) is 62.1 Å². The lowest BCUT2D eigenvalue weighted by Crippen LogP contribution is -2.45. The highest BCUT2D eigenvalue weighted by Gasteiger charge is 2.59. The third kappa shape index (κ3) is 2.71. The van der Waals surface area contributed by atoms with Gasteiger partial charge in [0, 0.05) is 22.4 Å². The van der Waals surface area contributed by atoms with Crippen molar-refractivity contribution in [2.24, 2.45) is 5.41 Å². The van der Waals surface area contributed by atoms with Gasteiger partial charge in [-0.25, -0.2) is 0 Å². The molecule has 2 amide bonds. The number of nitrogens with zero attached hydrogens (tertiary/aromatic N) is 1. The molecule has 0 radical (unpaired) electrons. The summed E-state index contributed by atoms with van der Waals surface area (Å²) in [6.45, 7) is 2.03. The van der Waals surface area contributed by atoms with E-state index >= 15 is 0 Å². The second-order valence-electron chi connectivity index (χ2n) is 6.90. The molecule has 1 unspecified atom stereocenters. The van der Waals surface area contributed by atoms with Crippen molar-refractivity contribution in [1.29, 1.82) is 0 Å². The van der Waals surface area contributed by atoms with Gasteiger partial charge in [0.1, 0.15) is 5.41 Å². The van der Waals surface area contributed by atoms with Crippen LogP contribution in [-0.2, 0) is 16.0 Å². The monoisotopic (exact) mass is 354 g/mol. The van der Waals surface area contributed by atoms with Gasteiger partial charge in [0.15, 0.2) is 0 Å². The summed E-state index contributed by atoms with van der Waals surface area (Å²) >= 11 is 5.88. The molecular weight excluding hydrogens is 336 g/mol. The summed E-state index contributed by atoms with van der Waals surface area (Å²) in [5.74, 6) is -0.312. The van der Waals surface area contributed by atoms with Crippen molar-refractivity contribution in [3.8, 4) is 0 Å². The van der Waals surface area contributed by atoms with E-state index in [9.17, 15) is 9.59 Å². The molecule has 2 aromatic rings. The Morgan fingerprint density at radius 1 is 1.12 bits per heavy atom. The van der Waals surface area contributed by atoms with E-state index in [1.54, 1.807) is 24.3 Å². The predicted octanol–water partition coefficient (Wildman–Crippen LogP) is 4.04. The molecule has 0 aromatic heterocycles. The van der Waals surface area contributed by atoms with E-state index in [4.69, 9.17) is 11.6 Å². The van der Waals surface area contributed by atoms with Gasteiger partial charge in [0.05, 0.1) is 0 Å². The SMILES string of the molecule is CC1Cc2ccccc2N1C(=O)C1(C(=O)Nc2ccc(Cl)cc2)CC1. The van der Waals surface area contributed by atoms with Crippen molar-refractivity contribution < 1.29 is 9.59 Å². The van der Waals surface area contributed by atoms with Gasteiger partial charge in [-0.2, -0.15) is 0 Å². The van der Waals surface area contributed by atoms with Crippen LogP contribution in [0.15, 0.2) is 48.5 Å².